The predicted octanol–water partition coefficient (Wildman–Crippen LogP) is 5.11. The second kappa shape index (κ2) is 9.81. The Bertz CT molecular complexity index is 1380. The quantitative estimate of drug-likeness (QED) is 0.317. The van der Waals surface area contributed by atoms with Gasteiger partial charge in [-0.05, 0) is 59.2 Å². The molecule has 1 amide bonds. The van der Waals surface area contributed by atoms with E-state index >= 15 is 0 Å². The Morgan fingerprint density at radius 2 is 1.58 bits per heavy atom. The van der Waals surface area contributed by atoms with E-state index in [1.165, 1.54) is 24.3 Å². The zero-order valence-corrected chi connectivity index (χ0v) is 19.2. The largest absolute Gasteiger partial charge is 0.508 e. The SMILES string of the molecule is O=C1[C@H](OC[C@H](O)c2ccc(F)cc2)[C@@H](c2ccc(-c3cccc(O)c3)cc2O)N1c1ccccc1. The number of anilines is 1. The normalized spacial score (nSPS) is 18.1. The summed E-state index contributed by atoms with van der Waals surface area (Å²) in [7, 11) is 0. The molecule has 0 aliphatic carbocycles. The van der Waals surface area contributed by atoms with Crippen molar-refractivity contribution in [3.8, 4) is 22.6 Å². The van der Waals surface area contributed by atoms with Gasteiger partial charge in [-0.1, -0.05) is 54.6 Å². The molecule has 1 saturated heterocycles. The van der Waals surface area contributed by atoms with Gasteiger partial charge in [0.25, 0.3) is 5.91 Å². The molecule has 182 valence electrons. The van der Waals surface area contributed by atoms with Crippen LogP contribution >= 0.6 is 0 Å². The lowest BCUT2D eigenvalue weighted by Gasteiger charge is -2.47. The third-order valence-corrected chi connectivity index (χ3v) is 6.30. The molecule has 3 atom stereocenters. The molecule has 1 fully saturated rings. The first-order valence-electron chi connectivity index (χ1n) is 11.5. The van der Waals surface area contributed by atoms with Gasteiger partial charge in [-0.3, -0.25) is 9.69 Å². The molecule has 3 N–H and O–H groups in total. The molecular formula is C29H24FNO5. The molecule has 1 heterocycles. The maximum Gasteiger partial charge on any atom is 0.259 e. The van der Waals surface area contributed by atoms with Gasteiger partial charge < -0.3 is 20.1 Å². The maximum absolute atomic E-state index is 13.2. The number of carbonyl (C=O) groups is 1. The Hall–Kier alpha value is -4.20. The number of aliphatic hydroxyl groups excluding tert-OH is 1. The molecule has 0 aromatic heterocycles. The molecule has 0 unspecified atom stereocenters. The number of carbonyl (C=O) groups excluding carboxylic acids is 1. The van der Waals surface area contributed by atoms with Gasteiger partial charge in [-0.15, -0.1) is 0 Å². The van der Waals surface area contributed by atoms with Crippen molar-refractivity contribution in [2.24, 2.45) is 0 Å². The molecule has 0 spiro atoms. The van der Waals surface area contributed by atoms with Gasteiger partial charge >= 0.3 is 0 Å². The van der Waals surface area contributed by atoms with Crippen LogP contribution in [-0.2, 0) is 9.53 Å². The van der Waals surface area contributed by atoms with Crippen molar-refractivity contribution in [1.82, 2.24) is 0 Å². The molecule has 4 aromatic rings. The summed E-state index contributed by atoms with van der Waals surface area (Å²) in [5, 5.41) is 31.3. The highest BCUT2D eigenvalue weighted by Gasteiger charge is 2.51. The third-order valence-electron chi connectivity index (χ3n) is 6.30. The van der Waals surface area contributed by atoms with Gasteiger partial charge in [0.15, 0.2) is 6.10 Å². The zero-order valence-electron chi connectivity index (χ0n) is 19.2. The second-order valence-corrected chi connectivity index (χ2v) is 8.63. The number of phenolic OH excluding ortho intramolecular Hbond substituents is 2. The van der Waals surface area contributed by atoms with E-state index in [-0.39, 0.29) is 24.0 Å². The van der Waals surface area contributed by atoms with Crippen molar-refractivity contribution < 1.29 is 29.2 Å². The molecule has 7 heteroatoms. The summed E-state index contributed by atoms with van der Waals surface area (Å²) in [5.74, 6) is -0.621. The average molecular weight is 486 g/mol. The third kappa shape index (κ3) is 4.54. The number of aromatic hydroxyl groups is 2. The standard InChI is InChI=1S/C29H24FNO5/c30-21-12-9-18(10-13-21)26(34)17-36-28-27(31(29(28)35)22-6-2-1-3-7-22)24-14-11-20(16-25(24)33)19-5-4-8-23(32)15-19/h1-16,26-28,32-34H,17H2/t26-,27+,28+/m0/s1. The summed E-state index contributed by atoms with van der Waals surface area (Å²) in [5.41, 5.74) is 3.05. The summed E-state index contributed by atoms with van der Waals surface area (Å²) >= 11 is 0. The fourth-order valence-corrected chi connectivity index (χ4v) is 4.44. The number of aliphatic hydroxyl groups is 1. The Labute approximate surface area is 207 Å². The zero-order chi connectivity index (χ0) is 25.2. The number of phenols is 2. The van der Waals surface area contributed by atoms with E-state index in [1.807, 2.05) is 24.3 Å². The lowest BCUT2D eigenvalue weighted by molar-refractivity contribution is -0.145. The smallest absolute Gasteiger partial charge is 0.259 e. The molecule has 1 aliphatic heterocycles. The lowest BCUT2D eigenvalue weighted by Crippen LogP contribution is -2.60. The fraction of sp³-hybridized carbons (Fsp3) is 0.138. The van der Waals surface area contributed by atoms with E-state index < -0.39 is 24.1 Å². The van der Waals surface area contributed by atoms with Crippen LogP contribution in [0.5, 0.6) is 11.5 Å². The van der Waals surface area contributed by atoms with Gasteiger partial charge in [-0.2, -0.15) is 0 Å². The van der Waals surface area contributed by atoms with Crippen LogP contribution in [0.25, 0.3) is 11.1 Å². The van der Waals surface area contributed by atoms with E-state index in [0.29, 0.717) is 22.4 Å². The van der Waals surface area contributed by atoms with Gasteiger partial charge in [0.1, 0.15) is 29.5 Å². The number of rotatable bonds is 7. The minimum Gasteiger partial charge on any atom is -0.508 e. The van der Waals surface area contributed by atoms with Gasteiger partial charge in [0, 0.05) is 11.3 Å². The van der Waals surface area contributed by atoms with E-state index in [2.05, 4.69) is 0 Å². The molecule has 0 radical (unpaired) electrons. The number of amides is 1. The topological polar surface area (TPSA) is 90.2 Å². The van der Waals surface area contributed by atoms with E-state index in [0.717, 1.165) is 5.56 Å². The molecule has 4 aromatic carbocycles. The van der Waals surface area contributed by atoms with Crippen LogP contribution in [0.1, 0.15) is 23.3 Å². The Kier molecular flexibility index (Phi) is 6.41. The highest BCUT2D eigenvalue weighted by molar-refractivity contribution is 6.05. The highest BCUT2D eigenvalue weighted by Crippen LogP contribution is 2.45. The van der Waals surface area contributed by atoms with Crippen molar-refractivity contribution in [2.45, 2.75) is 18.2 Å². The Morgan fingerprint density at radius 3 is 2.28 bits per heavy atom. The summed E-state index contributed by atoms with van der Waals surface area (Å²) in [6.45, 7) is -0.177. The average Bonchev–Trinajstić information content (AvgIpc) is 2.88. The molecule has 0 saturated carbocycles. The monoisotopic (exact) mass is 485 g/mol. The number of hydrogen-bond donors (Lipinski definition) is 3. The highest BCUT2D eigenvalue weighted by atomic mass is 19.1. The van der Waals surface area contributed by atoms with Gasteiger partial charge in [0.2, 0.25) is 0 Å². The summed E-state index contributed by atoms with van der Waals surface area (Å²) in [6, 6.07) is 25.7. The van der Waals surface area contributed by atoms with Crippen LogP contribution in [0.4, 0.5) is 10.1 Å². The molecular weight excluding hydrogens is 461 g/mol. The predicted molar refractivity (Wildman–Crippen MR) is 133 cm³/mol. The first kappa shape index (κ1) is 23.5. The van der Waals surface area contributed by atoms with Crippen molar-refractivity contribution >= 4 is 11.6 Å². The summed E-state index contributed by atoms with van der Waals surface area (Å²) in [4.78, 5) is 14.7. The number of benzene rings is 4. The first-order chi connectivity index (χ1) is 17.4. The molecule has 36 heavy (non-hydrogen) atoms. The van der Waals surface area contributed by atoms with E-state index in [4.69, 9.17) is 4.74 Å². The number of hydrogen-bond acceptors (Lipinski definition) is 5. The van der Waals surface area contributed by atoms with Crippen molar-refractivity contribution in [1.29, 1.82) is 0 Å². The van der Waals surface area contributed by atoms with Crippen molar-refractivity contribution in [3.63, 3.8) is 0 Å². The molecule has 1 aliphatic rings. The Morgan fingerprint density at radius 1 is 0.861 bits per heavy atom. The van der Waals surface area contributed by atoms with E-state index in [1.54, 1.807) is 53.4 Å². The van der Waals surface area contributed by atoms with E-state index in [9.17, 15) is 24.5 Å². The van der Waals surface area contributed by atoms with Crippen molar-refractivity contribution in [2.75, 3.05) is 11.5 Å². The molecule has 0 bridgehead atoms. The van der Waals surface area contributed by atoms with Crippen LogP contribution in [-0.4, -0.2) is 33.9 Å². The summed E-state index contributed by atoms with van der Waals surface area (Å²) in [6.07, 6.45) is -1.98. The fourth-order valence-electron chi connectivity index (χ4n) is 4.44. The van der Waals surface area contributed by atoms with Crippen LogP contribution in [0.15, 0.2) is 97.1 Å². The van der Waals surface area contributed by atoms with Gasteiger partial charge in [0.05, 0.1) is 6.61 Å². The minimum atomic E-state index is -1.05. The van der Waals surface area contributed by atoms with Crippen LogP contribution in [0.3, 0.4) is 0 Å². The maximum atomic E-state index is 13.2. The van der Waals surface area contributed by atoms with Gasteiger partial charge in [-0.25, -0.2) is 4.39 Å². The second-order valence-electron chi connectivity index (χ2n) is 8.63. The number of ether oxygens (including phenoxy) is 1. The molecule has 5 rings (SSSR count). The summed E-state index contributed by atoms with van der Waals surface area (Å²) < 4.78 is 19.1. The Balaban J connectivity index is 1.43. The van der Waals surface area contributed by atoms with Crippen LogP contribution in [0.2, 0.25) is 0 Å². The first-order valence-corrected chi connectivity index (χ1v) is 11.5. The number of para-hydroxylation sites is 1. The number of nitrogens with zero attached hydrogens (tertiary/aromatic N) is 1. The number of halogens is 1. The minimum absolute atomic E-state index is 0.0260. The lowest BCUT2D eigenvalue weighted by atomic mass is 9.88. The number of β-lactam (4-membered cyclic amide) rings is 1. The molecule has 6 nitrogen and oxygen atoms in total. The van der Waals surface area contributed by atoms with Crippen molar-refractivity contribution in [3.05, 3.63) is 114 Å². The van der Waals surface area contributed by atoms with Crippen LogP contribution in [0, 0.1) is 5.82 Å². The van der Waals surface area contributed by atoms with Crippen LogP contribution < -0.4 is 4.90 Å².